The molecule has 1 atom stereocenters. The third kappa shape index (κ3) is 4.60. The number of aromatic nitrogens is 1. The molecule has 2 heterocycles. The predicted octanol–water partition coefficient (Wildman–Crippen LogP) is 2.85. The summed E-state index contributed by atoms with van der Waals surface area (Å²) < 4.78 is 6.93. The quantitative estimate of drug-likeness (QED) is 0.642. The highest BCUT2D eigenvalue weighted by Crippen LogP contribution is 2.25. The summed E-state index contributed by atoms with van der Waals surface area (Å²) in [7, 11) is 0. The van der Waals surface area contributed by atoms with Crippen LogP contribution in [0.15, 0.2) is 57.7 Å². The fraction of sp³-hybridized carbons (Fsp3) is 0.375. The summed E-state index contributed by atoms with van der Waals surface area (Å²) in [4.78, 5) is 40.8. The molecule has 1 N–H and O–H groups in total. The minimum atomic E-state index is -0.388. The number of amides is 2. The monoisotopic (exact) mass is 436 g/mol. The Labute approximate surface area is 186 Å². The van der Waals surface area contributed by atoms with E-state index in [1.807, 2.05) is 42.2 Å². The molecule has 8 heteroatoms. The van der Waals surface area contributed by atoms with Gasteiger partial charge in [0.2, 0.25) is 11.8 Å². The summed E-state index contributed by atoms with van der Waals surface area (Å²) in [5.74, 6) is -0.504. The molecule has 8 nitrogen and oxygen atoms in total. The molecule has 0 bridgehead atoms. The van der Waals surface area contributed by atoms with Crippen LogP contribution in [0.2, 0.25) is 0 Å². The van der Waals surface area contributed by atoms with Crippen LogP contribution < -0.4 is 11.1 Å². The number of nitrogens with zero attached hydrogens (tertiary/aromatic N) is 3. The number of aryl methyl sites for hydroxylation is 1. The molecule has 1 aliphatic heterocycles. The van der Waals surface area contributed by atoms with E-state index in [0.29, 0.717) is 37.4 Å². The SMILES string of the molecule is CCCn1c(=O)oc2cc(NC(=O)CN3CCN(C(C)=O)C(c4ccccc4)C3)ccc21. The molecule has 168 valence electrons. The lowest BCUT2D eigenvalue weighted by Gasteiger charge is -2.41. The smallest absolute Gasteiger partial charge is 0.408 e. The number of oxazole rings is 1. The summed E-state index contributed by atoms with van der Waals surface area (Å²) >= 11 is 0. The van der Waals surface area contributed by atoms with Crippen molar-refractivity contribution in [1.29, 1.82) is 0 Å². The maximum atomic E-state index is 12.7. The number of anilines is 1. The predicted molar refractivity (Wildman–Crippen MR) is 122 cm³/mol. The van der Waals surface area contributed by atoms with Crippen LogP contribution in [-0.4, -0.2) is 52.4 Å². The van der Waals surface area contributed by atoms with E-state index in [2.05, 4.69) is 10.2 Å². The van der Waals surface area contributed by atoms with Crippen LogP contribution in [0.3, 0.4) is 0 Å². The van der Waals surface area contributed by atoms with Gasteiger partial charge in [0.15, 0.2) is 5.58 Å². The lowest BCUT2D eigenvalue weighted by molar-refractivity contribution is -0.134. The van der Waals surface area contributed by atoms with Gasteiger partial charge in [-0.05, 0) is 24.1 Å². The number of fused-ring (bicyclic) bond motifs is 1. The summed E-state index contributed by atoms with van der Waals surface area (Å²) in [5.41, 5.74) is 2.83. The normalized spacial score (nSPS) is 16.9. The molecule has 0 aliphatic carbocycles. The number of carbonyl (C=O) groups excluding carboxylic acids is 2. The average Bonchev–Trinajstić information content (AvgIpc) is 3.08. The maximum Gasteiger partial charge on any atom is 0.419 e. The van der Waals surface area contributed by atoms with Gasteiger partial charge in [0, 0.05) is 44.9 Å². The summed E-state index contributed by atoms with van der Waals surface area (Å²) in [5, 5.41) is 2.90. The molecule has 2 amide bonds. The van der Waals surface area contributed by atoms with E-state index in [0.717, 1.165) is 17.5 Å². The second-order valence-corrected chi connectivity index (χ2v) is 8.12. The number of hydrogen-bond acceptors (Lipinski definition) is 5. The van der Waals surface area contributed by atoms with E-state index in [4.69, 9.17) is 4.42 Å². The zero-order valence-electron chi connectivity index (χ0n) is 18.4. The summed E-state index contributed by atoms with van der Waals surface area (Å²) in [6, 6.07) is 15.1. The van der Waals surface area contributed by atoms with Gasteiger partial charge in [-0.2, -0.15) is 0 Å². The Morgan fingerprint density at radius 1 is 1.12 bits per heavy atom. The Morgan fingerprint density at radius 2 is 1.91 bits per heavy atom. The van der Waals surface area contributed by atoms with Gasteiger partial charge in [0.25, 0.3) is 0 Å². The average molecular weight is 437 g/mol. The first kappa shape index (κ1) is 21.8. The molecule has 1 aliphatic rings. The first-order valence-electron chi connectivity index (χ1n) is 10.9. The number of carbonyl (C=O) groups is 2. The molecular weight excluding hydrogens is 408 g/mol. The van der Waals surface area contributed by atoms with Crippen LogP contribution in [0, 0.1) is 0 Å². The van der Waals surface area contributed by atoms with Crippen LogP contribution in [0.5, 0.6) is 0 Å². The first-order chi connectivity index (χ1) is 15.5. The van der Waals surface area contributed by atoms with Crippen molar-refractivity contribution in [1.82, 2.24) is 14.4 Å². The number of piperazine rings is 1. The van der Waals surface area contributed by atoms with Crippen molar-refractivity contribution in [3.05, 3.63) is 64.6 Å². The van der Waals surface area contributed by atoms with E-state index in [1.165, 1.54) is 0 Å². The van der Waals surface area contributed by atoms with E-state index in [9.17, 15) is 14.4 Å². The molecule has 1 unspecified atom stereocenters. The molecule has 0 radical (unpaired) electrons. The van der Waals surface area contributed by atoms with E-state index in [-0.39, 0.29) is 30.2 Å². The van der Waals surface area contributed by atoms with Gasteiger partial charge in [-0.1, -0.05) is 37.3 Å². The van der Waals surface area contributed by atoms with E-state index >= 15 is 0 Å². The third-order valence-corrected chi connectivity index (χ3v) is 5.82. The highest BCUT2D eigenvalue weighted by molar-refractivity contribution is 5.94. The largest absolute Gasteiger partial charge is 0.419 e. The summed E-state index contributed by atoms with van der Waals surface area (Å²) in [6.45, 7) is 6.18. The lowest BCUT2D eigenvalue weighted by Crippen LogP contribution is -2.51. The van der Waals surface area contributed by atoms with Gasteiger partial charge in [-0.25, -0.2) is 4.79 Å². The number of benzene rings is 2. The molecule has 1 saturated heterocycles. The van der Waals surface area contributed by atoms with Crippen molar-refractivity contribution in [3.63, 3.8) is 0 Å². The van der Waals surface area contributed by atoms with Crippen molar-refractivity contribution < 1.29 is 14.0 Å². The van der Waals surface area contributed by atoms with E-state index < -0.39 is 0 Å². The Morgan fingerprint density at radius 3 is 2.62 bits per heavy atom. The molecule has 3 aromatic rings. The molecule has 2 aromatic carbocycles. The van der Waals surface area contributed by atoms with Crippen molar-refractivity contribution in [2.45, 2.75) is 32.9 Å². The first-order valence-corrected chi connectivity index (χ1v) is 10.9. The molecule has 1 aromatic heterocycles. The van der Waals surface area contributed by atoms with Gasteiger partial charge in [0.1, 0.15) is 0 Å². The minimum absolute atomic E-state index is 0.0350. The van der Waals surface area contributed by atoms with Crippen LogP contribution in [0.25, 0.3) is 11.1 Å². The van der Waals surface area contributed by atoms with Crippen molar-refractivity contribution in [2.24, 2.45) is 0 Å². The van der Waals surface area contributed by atoms with Gasteiger partial charge in [-0.15, -0.1) is 0 Å². The molecule has 0 saturated carbocycles. The Hall–Kier alpha value is -3.39. The lowest BCUT2D eigenvalue weighted by atomic mass is 10.0. The topological polar surface area (TPSA) is 87.8 Å². The Bertz CT molecular complexity index is 1170. The van der Waals surface area contributed by atoms with Crippen molar-refractivity contribution in [3.8, 4) is 0 Å². The van der Waals surface area contributed by atoms with Gasteiger partial charge >= 0.3 is 5.76 Å². The fourth-order valence-electron chi connectivity index (χ4n) is 4.30. The van der Waals surface area contributed by atoms with E-state index in [1.54, 1.807) is 29.7 Å². The second kappa shape index (κ2) is 9.40. The fourth-order valence-corrected chi connectivity index (χ4v) is 4.30. The van der Waals surface area contributed by atoms with Crippen LogP contribution in [0.4, 0.5) is 5.69 Å². The third-order valence-electron chi connectivity index (χ3n) is 5.82. The van der Waals surface area contributed by atoms with Crippen molar-refractivity contribution >= 4 is 28.6 Å². The molecule has 4 rings (SSSR count). The van der Waals surface area contributed by atoms with Gasteiger partial charge < -0.3 is 14.6 Å². The molecule has 0 spiro atoms. The maximum absolute atomic E-state index is 12.7. The van der Waals surface area contributed by atoms with Crippen LogP contribution in [0.1, 0.15) is 31.9 Å². The Kier molecular flexibility index (Phi) is 6.41. The zero-order valence-corrected chi connectivity index (χ0v) is 18.4. The molecular formula is C24H28N4O4. The number of nitrogens with one attached hydrogen (secondary N) is 1. The molecule has 1 fully saturated rings. The van der Waals surface area contributed by atoms with Crippen molar-refractivity contribution in [2.75, 3.05) is 31.5 Å². The molecule has 32 heavy (non-hydrogen) atoms. The summed E-state index contributed by atoms with van der Waals surface area (Å²) in [6.07, 6.45) is 0.827. The minimum Gasteiger partial charge on any atom is -0.408 e. The highest BCUT2D eigenvalue weighted by atomic mass is 16.4. The second-order valence-electron chi connectivity index (χ2n) is 8.12. The Balaban J connectivity index is 1.43. The zero-order chi connectivity index (χ0) is 22.7. The van der Waals surface area contributed by atoms with Gasteiger partial charge in [0.05, 0.1) is 18.1 Å². The number of hydrogen-bond donors (Lipinski definition) is 1. The number of rotatable bonds is 6. The van der Waals surface area contributed by atoms with Gasteiger partial charge in [-0.3, -0.25) is 19.1 Å². The van der Waals surface area contributed by atoms with Crippen LogP contribution >= 0.6 is 0 Å². The van der Waals surface area contributed by atoms with Crippen LogP contribution in [-0.2, 0) is 16.1 Å². The highest BCUT2D eigenvalue weighted by Gasteiger charge is 2.30. The standard InChI is InChI=1S/C24H28N4O4/c1-3-11-28-20-10-9-19(14-22(20)32-24(28)31)25-23(30)16-26-12-13-27(17(2)29)21(15-26)18-7-5-4-6-8-18/h4-10,14,21H,3,11-13,15-16H2,1-2H3,(H,25,30).